The first kappa shape index (κ1) is 11.1. The molecule has 2 nitrogen and oxygen atoms in total. The molecule has 0 saturated heterocycles. The van der Waals surface area contributed by atoms with Crippen LogP contribution in [0.15, 0.2) is 48.5 Å². The third-order valence-electron chi connectivity index (χ3n) is 2.57. The highest BCUT2D eigenvalue weighted by atomic mass is 28.2. The molecule has 0 aromatic heterocycles. The van der Waals surface area contributed by atoms with Gasteiger partial charge in [0.15, 0.2) is 0 Å². The van der Waals surface area contributed by atoms with Gasteiger partial charge in [0.2, 0.25) is 0 Å². The SMILES string of the molecule is N#Cc1ccc([SiH2]c2ccc(C#N)cc2)cc1. The summed E-state index contributed by atoms with van der Waals surface area (Å²) in [6, 6.07) is 19.7. The number of benzene rings is 2. The Balaban J connectivity index is 2.14. The van der Waals surface area contributed by atoms with Crippen molar-refractivity contribution >= 4 is 19.9 Å². The van der Waals surface area contributed by atoms with Crippen molar-refractivity contribution in [3.8, 4) is 12.1 Å². The number of hydrogen-bond acceptors (Lipinski definition) is 2. The quantitative estimate of drug-likeness (QED) is 0.712. The number of hydrogen-bond donors (Lipinski definition) is 0. The summed E-state index contributed by atoms with van der Waals surface area (Å²) in [6.07, 6.45) is 0. The molecule has 2 aromatic rings. The molecular weight excluding hydrogens is 224 g/mol. The molecule has 0 bridgehead atoms. The number of nitrogens with zero attached hydrogens (tertiary/aromatic N) is 2. The van der Waals surface area contributed by atoms with Crippen molar-refractivity contribution in [1.29, 1.82) is 10.5 Å². The lowest BCUT2D eigenvalue weighted by atomic mass is 10.2. The second kappa shape index (κ2) is 5.11. The summed E-state index contributed by atoms with van der Waals surface area (Å²) in [7, 11) is -0.500. The molecule has 2 aromatic carbocycles. The van der Waals surface area contributed by atoms with Gasteiger partial charge in [-0.05, 0) is 24.3 Å². The molecule has 0 radical (unpaired) electrons. The van der Waals surface area contributed by atoms with Gasteiger partial charge >= 0.3 is 0 Å². The monoisotopic (exact) mass is 234 g/mol. The Morgan fingerprint density at radius 3 is 1.29 bits per heavy atom. The fourth-order valence-electron chi connectivity index (χ4n) is 1.63. The zero-order valence-electron chi connectivity index (χ0n) is 9.22. The van der Waals surface area contributed by atoms with E-state index in [9.17, 15) is 0 Å². The largest absolute Gasteiger partial charge is 0.192 e. The lowest BCUT2D eigenvalue weighted by Gasteiger charge is -2.01. The fraction of sp³-hybridized carbons (Fsp3) is 0. The molecule has 0 spiro atoms. The number of nitriles is 2. The molecule has 0 fully saturated rings. The topological polar surface area (TPSA) is 47.6 Å². The van der Waals surface area contributed by atoms with E-state index in [1.54, 1.807) is 0 Å². The molecule has 80 valence electrons. The Hall–Kier alpha value is -2.36. The van der Waals surface area contributed by atoms with Gasteiger partial charge in [0.05, 0.1) is 32.8 Å². The Morgan fingerprint density at radius 1 is 0.647 bits per heavy atom. The molecule has 3 heteroatoms. The zero-order chi connectivity index (χ0) is 12.1. The van der Waals surface area contributed by atoms with E-state index in [0.29, 0.717) is 11.1 Å². The van der Waals surface area contributed by atoms with Crippen molar-refractivity contribution in [2.75, 3.05) is 0 Å². The summed E-state index contributed by atoms with van der Waals surface area (Å²) in [5, 5.41) is 20.0. The van der Waals surface area contributed by atoms with E-state index in [1.165, 1.54) is 10.4 Å². The van der Waals surface area contributed by atoms with Crippen molar-refractivity contribution in [1.82, 2.24) is 0 Å². The average molecular weight is 234 g/mol. The third kappa shape index (κ3) is 2.81. The van der Waals surface area contributed by atoms with E-state index < -0.39 is 9.52 Å². The Morgan fingerprint density at radius 2 is 1.00 bits per heavy atom. The standard InChI is InChI=1S/C14H10N2Si/c15-9-11-1-5-13(6-2-11)17-14-7-3-12(10-16)4-8-14/h1-8H,17H2. The normalized spacial score (nSPS) is 9.29. The van der Waals surface area contributed by atoms with Crippen LogP contribution in [-0.4, -0.2) is 9.52 Å². The van der Waals surface area contributed by atoms with Gasteiger partial charge in [0, 0.05) is 0 Å². The summed E-state index contributed by atoms with van der Waals surface area (Å²) in [6.45, 7) is 0. The smallest absolute Gasteiger partial charge is 0.0991 e. The van der Waals surface area contributed by atoms with Crippen LogP contribution in [0.3, 0.4) is 0 Å². The molecule has 0 aliphatic heterocycles. The van der Waals surface area contributed by atoms with Crippen LogP contribution in [0.4, 0.5) is 0 Å². The summed E-state index contributed by atoms with van der Waals surface area (Å²) in [4.78, 5) is 0. The van der Waals surface area contributed by atoms with E-state index in [-0.39, 0.29) is 0 Å². The van der Waals surface area contributed by atoms with E-state index in [4.69, 9.17) is 10.5 Å². The molecule has 0 aliphatic carbocycles. The maximum atomic E-state index is 8.71. The van der Waals surface area contributed by atoms with Gasteiger partial charge < -0.3 is 0 Å². The lowest BCUT2D eigenvalue weighted by molar-refractivity contribution is 1.49. The van der Waals surface area contributed by atoms with Crippen LogP contribution in [0.2, 0.25) is 0 Å². The van der Waals surface area contributed by atoms with E-state index in [0.717, 1.165) is 0 Å². The van der Waals surface area contributed by atoms with Crippen molar-refractivity contribution < 1.29 is 0 Å². The van der Waals surface area contributed by atoms with Crippen LogP contribution in [0.25, 0.3) is 0 Å². The van der Waals surface area contributed by atoms with E-state index >= 15 is 0 Å². The summed E-state index contributed by atoms with van der Waals surface area (Å²) >= 11 is 0. The van der Waals surface area contributed by atoms with E-state index in [2.05, 4.69) is 12.1 Å². The first-order valence-electron chi connectivity index (χ1n) is 5.30. The Kier molecular flexibility index (Phi) is 3.35. The van der Waals surface area contributed by atoms with Gasteiger partial charge in [-0.25, -0.2) is 0 Å². The first-order chi connectivity index (χ1) is 8.31. The van der Waals surface area contributed by atoms with E-state index in [1.807, 2.05) is 48.5 Å². The molecule has 0 unspecified atom stereocenters. The molecule has 0 saturated carbocycles. The first-order valence-corrected chi connectivity index (χ1v) is 6.71. The minimum atomic E-state index is -0.500. The van der Waals surface area contributed by atoms with Gasteiger partial charge in [-0.2, -0.15) is 10.5 Å². The molecule has 0 atom stereocenters. The predicted molar refractivity (Wildman–Crippen MR) is 70.1 cm³/mol. The van der Waals surface area contributed by atoms with Crippen LogP contribution in [0.1, 0.15) is 11.1 Å². The highest BCUT2D eigenvalue weighted by Gasteiger charge is 1.98. The van der Waals surface area contributed by atoms with Gasteiger partial charge in [0.25, 0.3) is 0 Å². The van der Waals surface area contributed by atoms with Crippen LogP contribution >= 0.6 is 0 Å². The van der Waals surface area contributed by atoms with Crippen molar-refractivity contribution in [3.05, 3.63) is 59.7 Å². The summed E-state index contributed by atoms with van der Waals surface area (Å²) in [5.74, 6) is 0. The molecule has 0 N–H and O–H groups in total. The van der Waals surface area contributed by atoms with Crippen LogP contribution in [0.5, 0.6) is 0 Å². The van der Waals surface area contributed by atoms with Crippen LogP contribution < -0.4 is 10.4 Å². The lowest BCUT2D eigenvalue weighted by Crippen LogP contribution is -2.26. The van der Waals surface area contributed by atoms with Crippen molar-refractivity contribution in [2.45, 2.75) is 0 Å². The number of rotatable bonds is 2. The van der Waals surface area contributed by atoms with Crippen LogP contribution in [0, 0.1) is 22.7 Å². The summed E-state index contributed by atoms with van der Waals surface area (Å²) in [5.41, 5.74) is 1.39. The highest BCUT2D eigenvalue weighted by Crippen LogP contribution is 1.95. The van der Waals surface area contributed by atoms with Crippen LogP contribution in [-0.2, 0) is 0 Å². The maximum Gasteiger partial charge on any atom is 0.0991 e. The zero-order valence-corrected chi connectivity index (χ0v) is 10.6. The third-order valence-corrected chi connectivity index (χ3v) is 4.33. The van der Waals surface area contributed by atoms with Gasteiger partial charge in [0.1, 0.15) is 0 Å². The maximum absolute atomic E-state index is 8.71. The second-order valence-corrected chi connectivity index (χ2v) is 5.78. The average Bonchev–Trinajstić information content (AvgIpc) is 2.40. The highest BCUT2D eigenvalue weighted by molar-refractivity contribution is 6.67. The summed E-state index contributed by atoms with van der Waals surface area (Å²) < 4.78 is 0. The predicted octanol–water partition coefficient (Wildman–Crippen LogP) is 0.550. The second-order valence-electron chi connectivity index (χ2n) is 3.79. The van der Waals surface area contributed by atoms with Crippen molar-refractivity contribution in [2.24, 2.45) is 0 Å². The van der Waals surface area contributed by atoms with Crippen molar-refractivity contribution in [3.63, 3.8) is 0 Å². The molecule has 0 aliphatic rings. The van der Waals surface area contributed by atoms with Gasteiger partial charge in [-0.1, -0.05) is 34.6 Å². The molecule has 17 heavy (non-hydrogen) atoms. The van der Waals surface area contributed by atoms with Gasteiger partial charge in [-0.15, -0.1) is 0 Å². The molecule has 2 rings (SSSR count). The minimum absolute atomic E-state index is 0.500. The van der Waals surface area contributed by atoms with Gasteiger partial charge in [-0.3, -0.25) is 0 Å². The minimum Gasteiger partial charge on any atom is -0.192 e. The molecular formula is C14H10N2Si. The molecule has 0 heterocycles. The molecule has 0 amide bonds. The Labute approximate surface area is 103 Å². The Bertz CT molecular complexity index is 531. The fourth-order valence-corrected chi connectivity index (χ4v) is 3.04.